The van der Waals surface area contributed by atoms with Gasteiger partial charge in [-0.2, -0.15) is 0 Å². The smallest absolute Gasteiger partial charge is 0.188 e. The number of aliphatic imine (C=N–C) groups is 1. The van der Waals surface area contributed by atoms with Gasteiger partial charge in [0.25, 0.3) is 0 Å². The van der Waals surface area contributed by atoms with E-state index < -0.39 is 0 Å². The van der Waals surface area contributed by atoms with Crippen LogP contribution in [0.15, 0.2) is 4.99 Å². The molecular formula is C15H29N3O. The molecule has 2 fully saturated rings. The lowest BCUT2D eigenvalue weighted by molar-refractivity contribution is 0.0742. The molecule has 0 saturated heterocycles. The van der Waals surface area contributed by atoms with Gasteiger partial charge in [-0.25, -0.2) is 0 Å². The Hall–Kier alpha value is -0.770. The van der Waals surface area contributed by atoms with Crippen molar-refractivity contribution in [1.82, 2.24) is 5.32 Å². The zero-order valence-electron chi connectivity index (χ0n) is 12.2. The third kappa shape index (κ3) is 4.68. The van der Waals surface area contributed by atoms with Gasteiger partial charge in [0.1, 0.15) is 0 Å². The van der Waals surface area contributed by atoms with Crippen molar-refractivity contribution in [1.29, 1.82) is 0 Å². The summed E-state index contributed by atoms with van der Waals surface area (Å²) in [6.45, 7) is 0.810. The lowest BCUT2D eigenvalue weighted by Crippen LogP contribution is -2.40. The predicted molar refractivity (Wildman–Crippen MR) is 79.3 cm³/mol. The Morgan fingerprint density at radius 1 is 1.11 bits per heavy atom. The minimum atomic E-state index is 0.384. The maximum absolute atomic E-state index is 6.02. The van der Waals surface area contributed by atoms with Gasteiger partial charge in [-0.15, -0.1) is 0 Å². The van der Waals surface area contributed by atoms with E-state index in [1.54, 1.807) is 7.11 Å². The van der Waals surface area contributed by atoms with Crippen molar-refractivity contribution in [3.63, 3.8) is 0 Å². The predicted octanol–water partition coefficient (Wildman–Crippen LogP) is 2.43. The number of rotatable bonds is 4. The summed E-state index contributed by atoms with van der Waals surface area (Å²) in [6.07, 6.45) is 11.9. The van der Waals surface area contributed by atoms with Crippen LogP contribution in [0.5, 0.6) is 0 Å². The van der Waals surface area contributed by atoms with Crippen LogP contribution in [0.2, 0.25) is 0 Å². The molecule has 0 aromatic rings. The highest BCUT2D eigenvalue weighted by Crippen LogP contribution is 2.27. The lowest BCUT2D eigenvalue weighted by Gasteiger charge is -2.19. The van der Waals surface area contributed by atoms with E-state index in [9.17, 15) is 0 Å². The van der Waals surface area contributed by atoms with Gasteiger partial charge in [0.2, 0.25) is 0 Å². The fourth-order valence-electron chi connectivity index (χ4n) is 3.42. The molecule has 0 aromatic heterocycles. The molecule has 0 heterocycles. The van der Waals surface area contributed by atoms with E-state index in [2.05, 4.69) is 10.3 Å². The number of guanidine groups is 1. The van der Waals surface area contributed by atoms with E-state index in [4.69, 9.17) is 10.5 Å². The second-order valence-electron chi connectivity index (χ2n) is 6.02. The summed E-state index contributed by atoms with van der Waals surface area (Å²) >= 11 is 0. The number of nitrogens with zero attached hydrogens (tertiary/aromatic N) is 1. The Bertz CT molecular complexity index is 285. The molecule has 0 amide bonds. The maximum atomic E-state index is 6.02. The minimum Gasteiger partial charge on any atom is -0.381 e. The molecule has 110 valence electrons. The average molecular weight is 267 g/mol. The minimum absolute atomic E-state index is 0.384. The Morgan fingerprint density at radius 2 is 1.84 bits per heavy atom. The number of hydrogen-bond donors (Lipinski definition) is 2. The number of ether oxygens (including phenoxy) is 1. The van der Waals surface area contributed by atoms with E-state index in [1.807, 2.05) is 0 Å². The Labute approximate surface area is 117 Å². The molecular weight excluding hydrogens is 238 g/mol. The standard InChI is InChI=1S/C15H29N3O/c1-19-14-10-6-7-12(14)11-17-15(16)18-13-8-4-2-3-5-9-13/h12-14H,2-11H2,1H3,(H3,16,17,18). The fraction of sp³-hybridized carbons (Fsp3) is 0.933. The molecule has 19 heavy (non-hydrogen) atoms. The Balaban J connectivity index is 1.75. The van der Waals surface area contributed by atoms with Gasteiger partial charge in [-0.1, -0.05) is 32.1 Å². The molecule has 4 nitrogen and oxygen atoms in total. The first kappa shape index (κ1) is 14.6. The van der Waals surface area contributed by atoms with Gasteiger partial charge in [0.05, 0.1) is 6.10 Å². The van der Waals surface area contributed by atoms with Gasteiger partial charge in [-0.3, -0.25) is 4.99 Å². The third-order valence-corrected chi connectivity index (χ3v) is 4.60. The number of nitrogens with one attached hydrogen (secondary N) is 1. The molecule has 0 aliphatic heterocycles. The van der Waals surface area contributed by atoms with Crippen LogP contribution in [0, 0.1) is 5.92 Å². The number of hydrogen-bond acceptors (Lipinski definition) is 2. The van der Waals surface area contributed by atoms with E-state index in [-0.39, 0.29) is 0 Å². The average Bonchev–Trinajstić information content (AvgIpc) is 2.72. The third-order valence-electron chi connectivity index (χ3n) is 4.60. The highest BCUT2D eigenvalue weighted by molar-refractivity contribution is 5.78. The van der Waals surface area contributed by atoms with Crippen molar-refractivity contribution in [3.05, 3.63) is 0 Å². The summed E-state index contributed by atoms with van der Waals surface area (Å²) in [5, 5.41) is 3.40. The molecule has 4 heteroatoms. The second kappa shape index (κ2) is 7.73. The van der Waals surface area contributed by atoms with E-state index in [0.29, 0.717) is 24.0 Å². The van der Waals surface area contributed by atoms with Crippen molar-refractivity contribution < 1.29 is 4.74 Å². The van der Waals surface area contributed by atoms with Crippen LogP contribution >= 0.6 is 0 Å². The molecule has 0 aromatic carbocycles. The van der Waals surface area contributed by atoms with Crippen LogP contribution in [0.4, 0.5) is 0 Å². The summed E-state index contributed by atoms with van der Waals surface area (Å²) in [7, 11) is 1.81. The number of methoxy groups -OCH3 is 1. The van der Waals surface area contributed by atoms with Crippen molar-refractivity contribution in [3.8, 4) is 0 Å². The quantitative estimate of drug-likeness (QED) is 0.467. The maximum Gasteiger partial charge on any atom is 0.188 e. The molecule has 0 bridgehead atoms. The molecule has 0 radical (unpaired) electrons. The first-order valence-corrected chi connectivity index (χ1v) is 7.89. The molecule has 2 saturated carbocycles. The highest BCUT2D eigenvalue weighted by Gasteiger charge is 2.26. The van der Waals surface area contributed by atoms with Gasteiger partial charge < -0.3 is 15.8 Å². The summed E-state index contributed by atoms with van der Waals surface area (Å²) in [5.74, 6) is 1.19. The second-order valence-corrected chi connectivity index (χ2v) is 6.02. The van der Waals surface area contributed by atoms with Gasteiger partial charge in [0, 0.05) is 25.6 Å². The molecule has 2 unspecified atom stereocenters. The first-order chi connectivity index (χ1) is 9.29. The van der Waals surface area contributed by atoms with Crippen molar-refractivity contribution in [2.24, 2.45) is 16.6 Å². The molecule has 2 atom stereocenters. The molecule has 0 spiro atoms. The summed E-state index contributed by atoms with van der Waals surface area (Å²) in [6, 6.07) is 0.535. The fourth-order valence-corrected chi connectivity index (χ4v) is 3.42. The summed E-state index contributed by atoms with van der Waals surface area (Å²) < 4.78 is 5.49. The Kier molecular flexibility index (Phi) is 5.95. The van der Waals surface area contributed by atoms with Crippen LogP contribution in [-0.2, 0) is 4.74 Å². The van der Waals surface area contributed by atoms with Gasteiger partial charge in [0.15, 0.2) is 5.96 Å². The zero-order chi connectivity index (χ0) is 13.5. The zero-order valence-corrected chi connectivity index (χ0v) is 12.2. The monoisotopic (exact) mass is 267 g/mol. The van der Waals surface area contributed by atoms with E-state index >= 15 is 0 Å². The van der Waals surface area contributed by atoms with E-state index in [1.165, 1.54) is 57.8 Å². The molecule has 2 rings (SSSR count). The van der Waals surface area contributed by atoms with Crippen molar-refractivity contribution >= 4 is 5.96 Å². The van der Waals surface area contributed by atoms with Crippen molar-refractivity contribution in [2.45, 2.75) is 69.9 Å². The largest absolute Gasteiger partial charge is 0.381 e. The van der Waals surface area contributed by atoms with Crippen LogP contribution < -0.4 is 11.1 Å². The topological polar surface area (TPSA) is 59.6 Å². The van der Waals surface area contributed by atoms with Gasteiger partial charge >= 0.3 is 0 Å². The highest BCUT2D eigenvalue weighted by atomic mass is 16.5. The van der Waals surface area contributed by atoms with Crippen LogP contribution in [0.1, 0.15) is 57.8 Å². The van der Waals surface area contributed by atoms with Crippen LogP contribution in [0.25, 0.3) is 0 Å². The van der Waals surface area contributed by atoms with Crippen LogP contribution in [-0.4, -0.2) is 31.8 Å². The van der Waals surface area contributed by atoms with Crippen molar-refractivity contribution in [2.75, 3.05) is 13.7 Å². The summed E-state index contributed by atoms with van der Waals surface area (Å²) in [4.78, 5) is 4.53. The van der Waals surface area contributed by atoms with E-state index in [0.717, 1.165) is 6.54 Å². The van der Waals surface area contributed by atoms with Gasteiger partial charge in [-0.05, 0) is 25.7 Å². The molecule has 3 N–H and O–H groups in total. The first-order valence-electron chi connectivity index (χ1n) is 7.89. The molecule has 2 aliphatic carbocycles. The number of nitrogens with two attached hydrogens (primary N) is 1. The lowest BCUT2D eigenvalue weighted by atomic mass is 10.1. The normalized spacial score (nSPS) is 30.3. The Morgan fingerprint density at radius 3 is 2.53 bits per heavy atom. The SMILES string of the molecule is COC1CCCC1CN=C(N)NC1CCCCCC1. The summed E-state index contributed by atoms with van der Waals surface area (Å²) in [5.41, 5.74) is 6.02. The van der Waals surface area contributed by atoms with Crippen LogP contribution in [0.3, 0.4) is 0 Å². The molecule has 2 aliphatic rings.